The Labute approximate surface area is 273 Å². The van der Waals surface area contributed by atoms with Crippen molar-refractivity contribution in [2.45, 2.75) is 99.2 Å². The molecule has 12 atom stereocenters. The second-order valence-corrected chi connectivity index (χ2v) is 9.79. The van der Waals surface area contributed by atoms with Gasteiger partial charge in [0.2, 0.25) is 23.4 Å². The van der Waals surface area contributed by atoms with Gasteiger partial charge in [0.1, 0.15) is 48.6 Å². The van der Waals surface area contributed by atoms with E-state index < -0.39 is 122 Å². The zero-order valence-corrected chi connectivity index (χ0v) is 25.3. The van der Waals surface area contributed by atoms with Crippen LogP contribution in [0.3, 0.4) is 0 Å². The largest absolute Gasteiger partial charge is 2.00 e. The molecular formula is C22H36CaN2O18. The summed E-state index contributed by atoms with van der Waals surface area (Å²) in [4.78, 5) is 44.0. The van der Waals surface area contributed by atoms with Gasteiger partial charge in [0.15, 0.2) is 0 Å². The summed E-state index contributed by atoms with van der Waals surface area (Å²) in [6, 6.07) is -2.59. The second-order valence-electron chi connectivity index (χ2n) is 9.79. The molecule has 0 radical (unpaired) electrons. The quantitative estimate of drug-likeness (QED) is 0.0971. The average molecular weight is 657 g/mol. The van der Waals surface area contributed by atoms with Gasteiger partial charge in [0.25, 0.3) is 0 Å². The summed E-state index contributed by atoms with van der Waals surface area (Å²) in [6.45, 7) is 0.456. The average Bonchev–Trinajstić information content (AvgIpc) is 2.89. The van der Waals surface area contributed by atoms with Crippen LogP contribution in [0.25, 0.3) is 0 Å². The Bertz CT molecular complexity index is 887. The Kier molecular flexibility index (Phi) is 16.8. The maximum absolute atomic E-state index is 11.1. The van der Waals surface area contributed by atoms with Crippen molar-refractivity contribution in [2.75, 3.05) is 13.2 Å². The predicted octanol–water partition coefficient (Wildman–Crippen LogP) is -10.8. The molecule has 2 unspecified atom stereocenters. The van der Waals surface area contributed by atoms with Crippen LogP contribution in [-0.4, -0.2) is 198 Å². The van der Waals surface area contributed by atoms with Crippen LogP contribution < -0.4 is 20.8 Å². The van der Waals surface area contributed by atoms with E-state index in [1.165, 1.54) is 0 Å². The third-order valence-electron chi connectivity index (χ3n) is 6.38. The van der Waals surface area contributed by atoms with Crippen LogP contribution in [0.5, 0.6) is 0 Å². The number of ether oxygens (including phenoxy) is 2. The molecule has 0 aromatic heterocycles. The third-order valence-corrected chi connectivity index (χ3v) is 6.38. The van der Waals surface area contributed by atoms with Crippen LogP contribution in [0.1, 0.15) is 26.7 Å². The van der Waals surface area contributed by atoms with Crippen molar-refractivity contribution in [3.63, 3.8) is 0 Å². The van der Waals surface area contributed by atoms with Crippen LogP contribution in [-0.2, 0) is 28.7 Å². The molecule has 0 spiro atoms. The standard InChI is InChI=1S/2C11H19NO9.Ca/c2*1-4(14)12-7-5(15)2-11(20,10(18)19)21-9(7)8(17)6(16)3-13;/h2*5-9,13,15-17,20H,2-3H2,1H3,(H,12,14)(H,18,19);/q;;+2/p-2/t2*5-,6+,7+,8+,9+,11?;/m00./s1. The molecule has 0 saturated carbocycles. The molecule has 21 heteroatoms. The van der Waals surface area contributed by atoms with Gasteiger partial charge in [-0.3, -0.25) is 9.59 Å². The number of carbonyl (C=O) groups excluding carboxylic acids is 4. The van der Waals surface area contributed by atoms with Crippen molar-refractivity contribution in [1.29, 1.82) is 0 Å². The topological polar surface area (TPSA) is 359 Å². The number of hydrogen-bond donors (Lipinski definition) is 12. The number of hydrogen-bond acceptors (Lipinski definition) is 18. The summed E-state index contributed by atoms with van der Waals surface area (Å²) in [5.74, 6) is -11.1. The van der Waals surface area contributed by atoms with E-state index in [1.807, 2.05) is 0 Å². The van der Waals surface area contributed by atoms with Crippen molar-refractivity contribution in [1.82, 2.24) is 10.6 Å². The Hall–Kier alpha value is -1.34. The number of carboxylic acids is 2. The fraction of sp³-hybridized carbons (Fsp3) is 0.818. The van der Waals surface area contributed by atoms with Crippen molar-refractivity contribution >= 4 is 61.5 Å². The molecule has 244 valence electrons. The van der Waals surface area contributed by atoms with E-state index in [4.69, 9.17) is 19.7 Å². The van der Waals surface area contributed by atoms with Crippen LogP contribution in [0.2, 0.25) is 0 Å². The molecule has 2 amide bonds. The number of aliphatic carboxylic acids is 2. The van der Waals surface area contributed by atoms with E-state index in [1.54, 1.807) is 0 Å². The minimum Gasteiger partial charge on any atom is -0.544 e. The zero-order valence-electron chi connectivity index (χ0n) is 23.0. The molecule has 2 heterocycles. The normalized spacial score (nSPS) is 35.0. The van der Waals surface area contributed by atoms with E-state index in [9.17, 15) is 70.2 Å². The summed E-state index contributed by atoms with van der Waals surface area (Å²) in [6.07, 6.45) is -15.3. The van der Waals surface area contributed by atoms with Gasteiger partial charge in [-0.05, 0) is 0 Å². The first-order chi connectivity index (χ1) is 19.2. The Morgan fingerprint density at radius 2 is 1.02 bits per heavy atom. The summed E-state index contributed by atoms with van der Waals surface area (Å²) in [5.41, 5.74) is 0. The monoisotopic (exact) mass is 656 g/mol. The number of rotatable bonds is 10. The minimum atomic E-state index is -2.89. The first-order valence-electron chi connectivity index (χ1n) is 12.3. The summed E-state index contributed by atoms with van der Waals surface area (Å²) in [5, 5.41) is 122. The number of nitrogens with one attached hydrogen (secondary N) is 2. The van der Waals surface area contributed by atoms with Crippen LogP contribution >= 0.6 is 0 Å². The molecule has 2 fully saturated rings. The number of aliphatic hydroxyl groups excluding tert-OH is 8. The van der Waals surface area contributed by atoms with E-state index >= 15 is 0 Å². The maximum Gasteiger partial charge on any atom is 2.00 e. The van der Waals surface area contributed by atoms with Gasteiger partial charge in [-0.2, -0.15) is 0 Å². The zero-order chi connectivity index (χ0) is 32.7. The van der Waals surface area contributed by atoms with Crippen molar-refractivity contribution in [3.05, 3.63) is 0 Å². The van der Waals surface area contributed by atoms with Crippen LogP contribution in [0.4, 0.5) is 0 Å². The molecule has 2 aliphatic rings. The van der Waals surface area contributed by atoms with Crippen molar-refractivity contribution in [3.8, 4) is 0 Å². The van der Waals surface area contributed by atoms with E-state index in [0.717, 1.165) is 13.8 Å². The van der Waals surface area contributed by atoms with Crippen LogP contribution in [0, 0.1) is 0 Å². The molecule has 0 bridgehead atoms. The van der Waals surface area contributed by atoms with E-state index in [0.29, 0.717) is 0 Å². The second kappa shape index (κ2) is 17.4. The van der Waals surface area contributed by atoms with Gasteiger partial charge in [0.05, 0.1) is 37.5 Å². The molecule has 2 aliphatic heterocycles. The predicted molar refractivity (Wildman–Crippen MR) is 130 cm³/mol. The summed E-state index contributed by atoms with van der Waals surface area (Å²) < 4.78 is 9.60. The molecule has 0 aromatic carbocycles. The van der Waals surface area contributed by atoms with Crippen LogP contribution in [0.15, 0.2) is 0 Å². The molecule has 43 heavy (non-hydrogen) atoms. The SMILES string of the molecule is CC(=O)N[C@H]1[C@H]([C@H](O)[C@H](O)CO)OC(O)(C(=O)[O-])C[C@@H]1O.CC(=O)N[C@H]1[C@H]([C@H](O)[C@H](O)CO)OC(O)(C(=O)[O-])C[C@@H]1O.[Ca+2]. The van der Waals surface area contributed by atoms with E-state index in [-0.39, 0.29) is 37.7 Å². The Morgan fingerprint density at radius 3 is 1.23 bits per heavy atom. The van der Waals surface area contributed by atoms with Crippen molar-refractivity contribution < 1.29 is 89.9 Å². The Balaban J connectivity index is 0.000000802. The number of carboxylic acid groups (broad SMARTS) is 2. The molecule has 0 aromatic rings. The van der Waals surface area contributed by atoms with E-state index in [2.05, 4.69) is 10.6 Å². The summed E-state index contributed by atoms with van der Waals surface area (Å²) >= 11 is 0. The minimum absolute atomic E-state index is 0. The molecule has 2 saturated heterocycles. The fourth-order valence-corrected chi connectivity index (χ4v) is 4.26. The maximum atomic E-state index is 11.1. The van der Waals surface area contributed by atoms with Gasteiger partial charge in [-0.15, -0.1) is 0 Å². The van der Waals surface area contributed by atoms with Gasteiger partial charge in [-0.25, -0.2) is 0 Å². The Morgan fingerprint density at radius 1 is 0.744 bits per heavy atom. The first-order valence-corrected chi connectivity index (χ1v) is 12.3. The number of aliphatic hydroxyl groups is 10. The fourth-order valence-electron chi connectivity index (χ4n) is 4.26. The number of amides is 2. The van der Waals surface area contributed by atoms with Gasteiger partial charge in [0, 0.05) is 26.7 Å². The smallest absolute Gasteiger partial charge is 0.544 e. The molecule has 2 rings (SSSR count). The van der Waals surface area contributed by atoms with Crippen molar-refractivity contribution in [2.24, 2.45) is 0 Å². The molecule has 0 aliphatic carbocycles. The molecule has 20 nitrogen and oxygen atoms in total. The third kappa shape index (κ3) is 10.9. The molecule has 12 N–H and O–H groups in total. The van der Waals surface area contributed by atoms with Gasteiger partial charge in [-0.1, -0.05) is 0 Å². The van der Waals surface area contributed by atoms with Gasteiger partial charge < -0.3 is 91.0 Å². The van der Waals surface area contributed by atoms with Gasteiger partial charge >= 0.3 is 37.7 Å². The first kappa shape index (κ1) is 41.7. The molecular weight excluding hydrogens is 620 g/mol. The summed E-state index contributed by atoms with van der Waals surface area (Å²) in [7, 11) is 0. The number of carbonyl (C=O) groups is 4.